The monoisotopic (exact) mass is 371 g/mol. The van der Waals surface area contributed by atoms with Gasteiger partial charge in [-0.1, -0.05) is 12.1 Å². The Kier molecular flexibility index (Phi) is 6.94. The summed E-state index contributed by atoms with van der Waals surface area (Å²) < 4.78 is 10.0. The van der Waals surface area contributed by atoms with E-state index in [1.807, 2.05) is 0 Å². The molecule has 0 bridgehead atoms. The van der Waals surface area contributed by atoms with Gasteiger partial charge in [0.25, 0.3) is 5.91 Å². The van der Waals surface area contributed by atoms with Crippen molar-refractivity contribution < 1.29 is 23.9 Å². The molecule has 1 saturated heterocycles. The lowest BCUT2D eigenvalue weighted by Crippen LogP contribution is -2.51. The Morgan fingerprint density at radius 2 is 1.70 bits per heavy atom. The van der Waals surface area contributed by atoms with E-state index in [4.69, 9.17) is 9.47 Å². The predicted molar refractivity (Wildman–Crippen MR) is 96.4 cm³/mol. The Labute approximate surface area is 157 Å². The molecular weight excluding hydrogens is 350 g/mol. The third-order valence-electron chi connectivity index (χ3n) is 4.17. The van der Waals surface area contributed by atoms with E-state index >= 15 is 0 Å². The summed E-state index contributed by atoms with van der Waals surface area (Å²) in [5.41, 5.74) is 0.436. The lowest BCUT2D eigenvalue weighted by molar-refractivity contribution is -0.150. The standard InChI is InChI=1S/C19H21N3O5/c1-14(23)21-7-9-22(10-8-21)18(24)13-27-19(25)16(12-20)11-15-3-5-17(26-2)6-4-15/h3-6,11H,7-10,13H2,1-2H3/b16-11+. The van der Waals surface area contributed by atoms with Crippen molar-refractivity contribution >= 4 is 23.9 Å². The zero-order valence-electron chi connectivity index (χ0n) is 15.3. The minimum atomic E-state index is -0.857. The number of carbonyl (C=O) groups is 3. The normalized spacial score (nSPS) is 14.3. The number of nitriles is 1. The summed E-state index contributed by atoms with van der Waals surface area (Å²) >= 11 is 0. The van der Waals surface area contributed by atoms with Crippen LogP contribution < -0.4 is 4.74 Å². The van der Waals surface area contributed by atoms with Crippen LogP contribution in [0, 0.1) is 11.3 Å². The minimum absolute atomic E-state index is 0.0316. The number of carbonyl (C=O) groups excluding carboxylic acids is 3. The molecular formula is C19H21N3O5. The predicted octanol–water partition coefficient (Wildman–Crippen LogP) is 0.836. The van der Waals surface area contributed by atoms with Gasteiger partial charge in [0.1, 0.15) is 17.4 Å². The van der Waals surface area contributed by atoms with Gasteiger partial charge >= 0.3 is 5.97 Å². The first-order valence-corrected chi connectivity index (χ1v) is 8.41. The van der Waals surface area contributed by atoms with Gasteiger partial charge in [-0.15, -0.1) is 0 Å². The molecule has 8 nitrogen and oxygen atoms in total. The second-order valence-corrected chi connectivity index (χ2v) is 5.91. The molecule has 0 spiro atoms. The van der Waals surface area contributed by atoms with Crippen molar-refractivity contribution in [2.45, 2.75) is 6.92 Å². The Morgan fingerprint density at radius 1 is 1.11 bits per heavy atom. The molecule has 0 aromatic heterocycles. The van der Waals surface area contributed by atoms with Crippen LogP contribution in [-0.4, -0.2) is 67.5 Å². The highest BCUT2D eigenvalue weighted by atomic mass is 16.5. The number of esters is 1. The number of benzene rings is 1. The van der Waals surface area contributed by atoms with Gasteiger partial charge in [0.05, 0.1) is 7.11 Å². The van der Waals surface area contributed by atoms with E-state index in [2.05, 4.69) is 0 Å². The summed E-state index contributed by atoms with van der Waals surface area (Å²) in [5, 5.41) is 9.18. The van der Waals surface area contributed by atoms with E-state index in [1.165, 1.54) is 17.9 Å². The Bertz CT molecular complexity index is 772. The minimum Gasteiger partial charge on any atom is -0.497 e. The molecule has 1 aliphatic rings. The molecule has 0 aliphatic carbocycles. The van der Waals surface area contributed by atoms with Crippen molar-refractivity contribution in [2.24, 2.45) is 0 Å². The third-order valence-corrected chi connectivity index (χ3v) is 4.17. The summed E-state index contributed by atoms with van der Waals surface area (Å²) in [5.74, 6) is -0.586. The van der Waals surface area contributed by atoms with Crippen LogP contribution in [0.1, 0.15) is 12.5 Å². The van der Waals surface area contributed by atoms with Crippen LogP contribution in [0.2, 0.25) is 0 Å². The van der Waals surface area contributed by atoms with E-state index in [0.717, 1.165) is 0 Å². The summed E-state index contributed by atoms with van der Waals surface area (Å²) in [4.78, 5) is 38.7. The Hall–Kier alpha value is -3.34. The van der Waals surface area contributed by atoms with Crippen molar-refractivity contribution in [2.75, 3.05) is 39.9 Å². The SMILES string of the molecule is COc1ccc(/C=C(\C#N)C(=O)OCC(=O)N2CCN(C(C)=O)CC2)cc1. The molecule has 2 rings (SSSR count). The largest absolute Gasteiger partial charge is 0.497 e. The maximum Gasteiger partial charge on any atom is 0.349 e. The van der Waals surface area contributed by atoms with E-state index in [1.54, 1.807) is 42.3 Å². The van der Waals surface area contributed by atoms with Crippen LogP contribution in [0.3, 0.4) is 0 Å². The fourth-order valence-electron chi connectivity index (χ4n) is 2.57. The van der Waals surface area contributed by atoms with E-state index in [-0.39, 0.29) is 17.4 Å². The molecule has 1 heterocycles. The van der Waals surface area contributed by atoms with Crippen molar-refractivity contribution in [3.05, 3.63) is 35.4 Å². The molecule has 0 N–H and O–H groups in total. The van der Waals surface area contributed by atoms with Gasteiger partial charge in [-0.05, 0) is 23.8 Å². The summed E-state index contributed by atoms with van der Waals surface area (Å²) in [6.45, 7) is 2.73. The number of methoxy groups -OCH3 is 1. The molecule has 142 valence electrons. The quantitative estimate of drug-likeness (QED) is 0.432. The van der Waals surface area contributed by atoms with Crippen LogP contribution in [0.5, 0.6) is 5.75 Å². The fraction of sp³-hybridized carbons (Fsp3) is 0.368. The number of piperazine rings is 1. The van der Waals surface area contributed by atoms with Crippen LogP contribution in [0.15, 0.2) is 29.8 Å². The average molecular weight is 371 g/mol. The Morgan fingerprint density at radius 3 is 2.22 bits per heavy atom. The average Bonchev–Trinajstić information content (AvgIpc) is 2.70. The second-order valence-electron chi connectivity index (χ2n) is 5.91. The molecule has 0 saturated carbocycles. The molecule has 1 aliphatic heterocycles. The number of ether oxygens (including phenoxy) is 2. The first kappa shape index (κ1) is 20.0. The lowest BCUT2D eigenvalue weighted by Gasteiger charge is -2.34. The van der Waals surface area contributed by atoms with Gasteiger partial charge in [-0.3, -0.25) is 9.59 Å². The van der Waals surface area contributed by atoms with Gasteiger partial charge < -0.3 is 19.3 Å². The lowest BCUT2D eigenvalue weighted by atomic mass is 10.1. The second kappa shape index (κ2) is 9.38. The van der Waals surface area contributed by atoms with Crippen LogP contribution in [-0.2, 0) is 19.1 Å². The fourth-order valence-corrected chi connectivity index (χ4v) is 2.57. The molecule has 1 aromatic rings. The van der Waals surface area contributed by atoms with Crippen molar-refractivity contribution in [1.82, 2.24) is 9.80 Å². The molecule has 1 aromatic carbocycles. The summed E-state index contributed by atoms with van der Waals surface area (Å²) in [6, 6.07) is 8.59. The van der Waals surface area contributed by atoms with Gasteiger partial charge in [0.15, 0.2) is 6.61 Å². The van der Waals surface area contributed by atoms with Crippen molar-refractivity contribution in [3.8, 4) is 11.8 Å². The molecule has 1 fully saturated rings. The molecule has 2 amide bonds. The maximum atomic E-state index is 12.1. The van der Waals surface area contributed by atoms with Crippen LogP contribution in [0.25, 0.3) is 6.08 Å². The van der Waals surface area contributed by atoms with Crippen LogP contribution in [0.4, 0.5) is 0 Å². The summed E-state index contributed by atoms with van der Waals surface area (Å²) in [7, 11) is 1.54. The number of rotatable bonds is 5. The molecule has 8 heteroatoms. The van der Waals surface area contributed by atoms with Gasteiger partial charge in [0.2, 0.25) is 5.91 Å². The highest BCUT2D eigenvalue weighted by Gasteiger charge is 2.23. The van der Waals surface area contributed by atoms with Gasteiger partial charge in [-0.25, -0.2) is 4.79 Å². The number of hydrogen-bond donors (Lipinski definition) is 0. The number of amides is 2. The smallest absolute Gasteiger partial charge is 0.349 e. The summed E-state index contributed by atoms with van der Waals surface area (Å²) in [6.07, 6.45) is 1.39. The van der Waals surface area contributed by atoms with E-state index < -0.39 is 12.6 Å². The molecule has 0 radical (unpaired) electrons. The van der Waals surface area contributed by atoms with E-state index in [9.17, 15) is 19.6 Å². The first-order chi connectivity index (χ1) is 12.9. The van der Waals surface area contributed by atoms with Gasteiger partial charge in [-0.2, -0.15) is 5.26 Å². The number of nitrogens with zero attached hydrogens (tertiary/aromatic N) is 3. The zero-order valence-corrected chi connectivity index (χ0v) is 15.3. The van der Waals surface area contributed by atoms with E-state index in [0.29, 0.717) is 37.5 Å². The topological polar surface area (TPSA) is 99.9 Å². The molecule has 0 unspecified atom stereocenters. The van der Waals surface area contributed by atoms with Crippen molar-refractivity contribution in [3.63, 3.8) is 0 Å². The highest BCUT2D eigenvalue weighted by Crippen LogP contribution is 2.14. The molecule has 27 heavy (non-hydrogen) atoms. The highest BCUT2D eigenvalue weighted by molar-refractivity contribution is 5.98. The molecule has 0 atom stereocenters. The number of hydrogen-bond acceptors (Lipinski definition) is 6. The maximum absolute atomic E-state index is 12.1. The third kappa shape index (κ3) is 5.57. The van der Waals surface area contributed by atoms with Crippen LogP contribution >= 0.6 is 0 Å². The van der Waals surface area contributed by atoms with Gasteiger partial charge in [0, 0.05) is 33.1 Å². The van der Waals surface area contributed by atoms with Crippen molar-refractivity contribution in [1.29, 1.82) is 5.26 Å². The zero-order chi connectivity index (χ0) is 19.8. The Balaban J connectivity index is 1.89. The first-order valence-electron chi connectivity index (χ1n) is 8.41.